The smallest absolute Gasteiger partial charge is 0.348 e. The highest BCUT2D eigenvalue weighted by atomic mass is 32.2. The van der Waals surface area contributed by atoms with Gasteiger partial charge in [0.05, 0.1) is 40.2 Å². The first-order chi connectivity index (χ1) is 15.6. The number of esters is 1. The maximum Gasteiger partial charge on any atom is 0.348 e. The molecule has 33 heavy (non-hydrogen) atoms. The fourth-order valence-corrected chi connectivity index (χ4v) is 4.17. The van der Waals surface area contributed by atoms with E-state index in [0.717, 1.165) is 11.8 Å². The van der Waals surface area contributed by atoms with Crippen LogP contribution in [-0.2, 0) is 5.54 Å². The molecular formula is C23H25N3O6S. The average molecular weight is 472 g/mol. The van der Waals surface area contributed by atoms with Crippen LogP contribution in [0.3, 0.4) is 0 Å². The molecule has 0 spiro atoms. The van der Waals surface area contributed by atoms with Crippen LogP contribution in [-0.4, -0.2) is 34.9 Å². The van der Waals surface area contributed by atoms with Crippen molar-refractivity contribution in [2.24, 2.45) is 0 Å². The highest BCUT2D eigenvalue weighted by Gasteiger charge is 2.30. The number of nitrogens with zero attached hydrogens (tertiary/aromatic N) is 3. The van der Waals surface area contributed by atoms with Gasteiger partial charge in [0.25, 0.3) is 5.69 Å². The third-order valence-corrected chi connectivity index (χ3v) is 5.93. The number of rotatable bonds is 7. The second-order valence-corrected chi connectivity index (χ2v) is 9.11. The third kappa shape index (κ3) is 4.95. The summed E-state index contributed by atoms with van der Waals surface area (Å²) in [5, 5.41) is 16.1. The maximum atomic E-state index is 13.2. The van der Waals surface area contributed by atoms with Crippen molar-refractivity contribution < 1.29 is 23.9 Å². The summed E-state index contributed by atoms with van der Waals surface area (Å²) in [7, 11) is 2.92. The molecule has 0 bridgehead atoms. The molecule has 0 saturated heterocycles. The molecule has 0 radical (unpaired) electrons. The molecule has 9 nitrogen and oxygen atoms in total. The molecule has 0 aliphatic rings. The van der Waals surface area contributed by atoms with Gasteiger partial charge in [-0.15, -0.1) is 0 Å². The number of aromatic nitrogens is 2. The van der Waals surface area contributed by atoms with E-state index < -0.39 is 16.4 Å². The Morgan fingerprint density at radius 2 is 1.79 bits per heavy atom. The second kappa shape index (κ2) is 9.53. The highest BCUT2D eigenvalue weighted by Crippen LogP contribution is 2.43. The number of hydrogen-bond donors (Lipinski definition) is 0. The molecule has 10 heteroatoms. The lowest BCUT2D eigenvalue weighted by Crippen LogP contribution is -2.25. The van der Waals surface area contributed by atoms with Gasteiger partial charge in [-0.05, 0) is 45.9 Å². The van der Waals surface area contributed by atoms with Crippen molar-refractivity contribution in [2.45, 2.75) is 43.0 Å². The Balaban J connectivity index is 2.10. The average Bonchev–Trinajstić information content (AvgIpc) is 3.08. The minimum Gasteiger partial charge on any atom is -0.493 e. The number of nitro groups is 1. The summed E-state index contributed by atoms with van der Waals surface area (Å²) < 4.78 is 18.1. The van der Waals surface area contributed by atoms with Crippen LogP contribution in [0.5, 0.6) is 17.4 Å². The topological polar surface area (TPSA) is 106 Å². The second-order valence-electron chi connectivity index (χ2n) is 8.06. The number of para-hydroxylation sites is 2. The Kier molecular flexibility index (Phi) is 6.97. The van der Waals surface area contributed by atoms with Crippen LogP contribution >= 0.6 is 11.8 Å². The Morgan fingerprint density at radius 3 is 2.39 bits per heavy atom. The number of nitro benzene ring substituents is 1. The van der Waals surface area contributed by atoms with Gasteiger partial charge in [0, 0.05) is 6.07 Å². The summed E-state index contributed by atoms with van der Waals surface area (Å²) in [4.78, 5) is 25.2. The molecule has 0 aliphatic heterocycles. The quantitative estimate of drug-likeness (QED) is 0.262. The minimum absolute atomic E-state index is 0.0443. The monoisotopic (exact) mass is 471 g/mol. The van der Waals surface area contributed by atoms with E-state index in [1.807, 2.05) is 20.8 Å². The standard InChI is InChI=1S/C23H25N3O6S/c1-14-20(33-18-13-8-7-11-16(18)26(28)29)21(25(24-14)23(2,3)4)32-22(27)15-10-9-12-17(30-5)19(15)31-6/h7-13H,1-6H3. The van der Waals surface area contributed by atoms with Crippen molar-refractivity contribution >= 4 is 23.4 Å². The van der Waals surface area contributed by atoms with E-state index in [9.17, 15) is 14.9 Å². The number of methoxy groups -OCH3 is 2. The Labute approximate surface area is 195 Å². The van der Waals surface area contributed by atoms with E-state index in [0.29, 0.717) is 21.2 Å². The first kappa shape index (κ1) is 24.1. The Bertz CT molecular complexity index is 1200. The molecule has 0 unspecified atom stereocenters. The van der Waals surface area contributed by atoms with E-state index in [1.165, 1.54) is 20.3 Å². The van der Waals surface area contributed by atoms with E-state index in [1.54, 1.807) is 48.0 Å². The molecule has 0 aliphatic carbocycles. The first-order valence-corrected chi connectivity index (χ1v) is 10.8. The number of carbonyl (C=O) groups is 1. The van der Waals surface area contributed by atoms with E-state index in [2.05, 4.69) is 5.10 Å². The van der Waals surface area contributed by atoms with Crippen LogP contribution < -0.4 is 14.2 Å². The lowest BCUT2D eigenvalue weighted by molar-refractivity contribution is -0.387. The summed E-state index contributed by atoms with van der Waals surface area (Å²) in [6.07, 6.45) is 0. The predicted molar refractivity (Wildman–Crippen MR) is 124 cm³/mol. The van der Waals surface area contributed by atoms with Crippen LogP contribution in [0.1, 0.15) is 36.8 Å². The zero-order valence-corrected chi connectivity index (χ0v) is 20.1. The first-order valence-electron chi connectivity index (χ1n) is 10.0. The normalized spacial score (nSPS) is 11.2. The minimum atomic E-state index is -0.666. The van der Waals surface area contributed by atoms with Gasteiger partial charge < -0.3 is 14.2 Å². The summed E-state index contributed by atoms with van der Waals surface area (Å²) in [5.74, 6) is 0.164. The largest absolute Gasteiger partial charge is 0.493 e. The van der Waals surface area contributed by atoms with Crippen LogP contribution in [0.25, 0.3) is 0 Å². The summed E-state index contributed by atoms with van der Waals surface area (Å²) in [6, 6.07) is 11.3. The zero-order chi connectivity index (χ0) is 24.3. The Hall–Kier alpha value is -3.53. The molecule has 0 saturated carbocycles. The number of aryl methyl sites for hydroxylation is 1. The summed E-state index contributed by atoms with van der Waals surface area (Å²) >= 11 is 1.13. The lowest BCUT2D eigenvalue weighted by Gasteiger charge is -2.22. The number of hydrogen-bond acceptors (Lipinski definition) is 8. The summed E-state index contributed by atoms with van der Waals surface area (Å²) in [5.41, 5.74) is 0.184. The van der Waals surface area contributed by atoms with E-state index >= 15 is 0 Å². The summed E-state index contributed by atoms with van der Waals surface area (Å²) in [6.45, 7) is 7.52. The molecular weight excluding hydrogens is 446 g/mol. The van der Waals surface area contributed by atoms with E-state index in [4.69, 9.17) is 14.2 Å². The van der Waals surface area contributed by atoms with Crippen molar-refractivity contribution in [3.63, 3.8) is 0 Å². The maximum absolute atomic E-state index is 13.2. The van der Waals surface area contributed by atoms with Gasteiger partial charge in [0.2, 0.25) is 5.88 Å². The molecule has 1 aromatic heterocycles. The lowest BCUT2D eigenvalue weighted by atomic mass is 10.1. The number of benzene rings is 2. The van der Waals surface area contributed by atoms with Crippen molar-refractivity contribution in [1.29, 1.82) is 0 Å². The number of ether oxygens (including phenoxy) is 3. The molecule has 0 amide bonds. The van der Waals surface area contributed by atoms with Crippen molar-refractivity contribution in [1.82, 2.24) is 9.78 Å². The van der Waals surface area contributed by atoms with Gasteiger partial charge in [-0.1, -0.05) is 30.0 Å². The molecule has 0 atom stereocenters. The molecule has 0 fully saturated rings. The van der Waals surface area contributed by atoms with Crippen LogP contribution in [0.15, 0.2) is 52.3 Å². The fraction of sp³-hybridized carbons (Fsp3) is 0.304. The Morgan fingerprint density at radius 1 is 1.09 bits per heavy atom. The van der Waals surface area contributed by atoms with Crippen LogP contribution in [0.2, 0.25) is 0 Å². The molecule has 174 valence electrons. The van der Waals surface area contributed by atoms with Crippen LogP contribution in [0, 0.1) is 17.0 Å². The molecule has 1 heterocycles. The van der Waals surface area contributed by atoms with Crippen molar-refractivity contribution in [3.05, 3.63) is 63.8 Å². The van der Waals surface area contributed by atoms with Gasteiger partial charge in [-0.3, -0.25) is 10.1 Å². The molecule has 0 N–H and O–H groups in total. The fourth-order valence-electron chi connectivity index (χ4n) is 3.15. The van der Waals surface area contributed by atoms with E-state index in [-0.39, 0.29) is 22.9 Å². The predicted octanol–water partition coefficient (Wildman–Crippen LogP) is 5.24. The van der Waals surface area contributed by atoms with Gasteiger partial charge in [0.15, 0.2) is 11.5 Å². The number of carbonyl (C=O) groups excluding carboxylic acids is 1. The van der Waals surface area contributed by atoms with Crippen LogP contribution in [0.4, 0.5) is 5.69 Å². The molecule has 2 aromatic carbocycles. The molecule has 3 aromatic rings. The van der Waals surface area contributed by atoms with Crippen molar-refractivity contribution in [3.8, 4) is 17.4 Å². The third-order valence-electron chi connectivity index (χ3n) is 4.69. The zero-order valence-electron chi connectivity index (χ0n) is 19.2. The molecule has 3 rings (SSSR count). The SMILES string of the molecule is COc1cccc(C(=O)Oc2c(Sc3ccccc3[N+](=O)[O-])c(C)nn2C(C)(C)C)c1OC. The van der Waals surface area contributed by atoms with Gasteiger partial charge in [-0.25, -0.2) is 9.48 Å². The van der Waals surface area contributed by atoms with Gasteiger partial charge >= 0.3 is 5.97 Å². The van der Waals surface area contributed by atoms with Gasteiger partial charge in [0.1, 0.15) is 5.56 Å². The highest BCUT2D eigenvalue weighted by molar-refractivity contribution is 7.99. The van der Waals surface area contributed by atoms with Crippen molar-refractivity contribution in [2.75, 3.05) is 14.2 Å². The van der Waals surface area contributed by atoms with Gasteiger partial charge in [-0.2, -0.15) is 5.10 Å².